The van der Waals surface area contributed by atoms with Crippen LogP contribution in [-0.2, 0) is 22.5 Å². The van der Waals surface area contributed by atoms with Crippen molar-refractivity contribution in [3.63, 3.8) is 0 Å². The van der Waals surface area contributed by atoms with Crippen molar-refractivity contribution in [1.82, 2.24) is 9.55 Å². The van der Waals surface area contributed by atoms with Crippen LogP contribution in [0.5, 0.6) is 5.75 Å². The lowest BCUT2D eigenvalue weighted by atomic mass is 10.1. The number of aromatic nitrogens is 2. The Balaban J connectivity index is 1.84. The number of carbonyl (C=O) groups excluding carboxylic acids is 2. The van der Waals surface area contributed by atoms with Gasteiger partial charge in [-0.25, -0.2) is 9.78 Å². The molecule has 0 radical (unpaired) electrons. The molecule has 0 fully saturated rings. The van der Waals surface area contributed by atoms with Gasteiger partial charge in [0.1, 0.15) is 11.4 Å². The highest BCUT2D eigenvalue weighted by Crippen LogP contribution is 2.32. The van der Waals surface area contributed by atoms with Crippen molar-refractivity contribution in [2.75, 3.05) is 24.9 Å². The number of rotatable bonds is 9. The zero-order chi connectivity index (χ0) is 23.3. The highest BCUT2D eigenvalue weighted by Gasteiger charge is 2.25. The molecule has 170 valence electrons. The minimum atomic E-state index is -0.518. The van der Waals surface area contributed by atoms with Gasteiger partial charge < -0.3 is 24.7 Å². The van der Waals surface area contributed by atoms with E-state index in [1.807, 2.05) is 25.1 Å². The molecule has 32 heavy (non-hydrogen) atoms. The van der Waals surface area contributed by atoms with Crippen molar-refractivity contribution in [3.8, 4) is 5.75 Å². The predicted octanol–water partition coefficient (Wildman–Crippen LogP) is 4.24. The summed E-state index contributed by atoms with van der Waals surface area (Å²) in [5.74, 6) is 0.0621. The van der Waals surface area contributed by atoms with Crippen LogP contribution in [0.25, 0.3) is 11.0 Å². The van der Waals surface area contributed by atoms with Crippen LogP contribution in [-0.4, -0.2) is 41.7 Å². The van der Waals surface area contributed by atoms with Gasteiger partial charge in [0.2, 0.25) is 5.91 Å². The topological polar surface area (TPSA) is 94.5 Å². The van der Waals surface area contributed by atoms with E-state index in [4.69, 9.17) is 9.47 Å². The third-order valence-electron chi connectivity index (χ3n) is 5.33. The Kier molecular flexibility index (Phi) is 7.35. The predicted molar refractivity (Wildman–Crippen MR) is 125 cm³/mol. The fourth-order valence-corrected chi connectivity index (χ4v) is 3.76. The first-order chi connectivity index (χ1) is 15.4. The summed E-state index contributed by atoms with van der Waals surface area (Å²) in [6, 6.07) is 10.2. The van der Waals surface area contributed by atoms with E-state index in [9.17, 15) is 9.59 Å². The van der Waals surface area contributed by atoms with Crippen molar-refractivity contribution in [2.45, 2.75) is 46.2 Å². The number of nitrogens with one attached hydrogen (secondary N) is 2. The first-order valence-corrected chi connectivity index (χ1v) is 10.7. The minimum Gasteiger partial charge on any atom is -0.497 e. The van der Waals surface area contributed by atoms with Crippen LogP contribution in [0, 0.1) is 0 Å². The van der Waals surface area contributed by atoms with Crippen LogP contribution < -0.4 is 15.4 Å². The highest BCUT2D eigenvalue weighted by molar-refractivity contribution is 6.10. The van der Waals surface area contributed by atoms with Crippen molar-refractivity contribution in [3.05, 3.63) is 47.8 Å². The number of hydrogen-bond acceptors (Lipinski definition) is 6. The molecule has 2 N–H and O–H groups in total. The number of benzene rings is 1. The zero-order valence-corrected chi connectivity index (χ0v) is 19.2. The number of methoxy groups -OCH3 is 2. The third-order valence-corrected chi connectivity index (χ3v) is 5.33. The number of amides is 1. The molecule has 1 atom stereocenters. The molecule has 2 heterocycles. The number of aryl methyl sites for hydroxylation is 2. The lowest BCUT2D eigenvalue weighted by molar-refractivity contribution is -0.114. The number of pyridine rings is 1. The van der Waals surface area contributed by atoms with E-state index in [-0.39, 0.29) is 17.6 Å². The molecule has 0 bridgehead atoms. The quantitative estimate of drug-likeness (QED) is 0.485. The van der Waals surface area contributed by atoms with E-state index in [0.717, 1.165) is 24.3 Å². The van der Waals surface area contributed by atoms with E-state index in [0.29, 0.717) is 23.3 Å². The fourth-order valence-electron chi connectivity index (χ4n) is 3.76. The van der Waals surface area contributed by atoms with Crippen LogP contribution in [0.2, 0.25) is 0 Å². The highest BCUT2D eigenvalue weighted by atomic mass is 16.5. The lowest BCUT2D eigenvalue weighted by Gasteiger charge is -2.15. The standard InChI is InChI=1S/C24H30N4O4/c1-6-28-22(24(30)32-5)21(27-16(3)29)20-13-18(14-25-23(20)28)26-15(2)7-8-17-9-11-19(31-4)12-10-17/h9-15,26H,6-8H2,1-5H3,(H,27,29)/t15-/m1/s1. The summed E-state index contributed by atoms with van der Waals surface area (Å²) >= 11 is 0. The van der Waals surface area contributed by atoms with Gasteiger partial charge in [-0.3, -0.25) is 4.79 Å². The normalized spacial score (nSPS) is 11.8. The van der Waals surface area contributed by atoms with E-state index in [2.05, 4.69) is 34.7 Å². The van der Waals surface area contributed by atoms with Gasteiger partial charge in [0, 0.05) is 24.9 Å². The summed E-state index contributed by atoms with van der Waals surface area (Å²) in [4.78, 5) is 28.8. The summed E-state index contributed by atoms with van der Waals surface area (Å²) in [6.45, 7) is 5.95. The maximum absolute atomic E-state index is 12.4. The molecule has 0 saturated heterocycles. The van der Waals surface area contributed by atoms with Gasteiger partial charge in [-0.2, -0.15) is 0 Å². The van der Waals surface area contributed by atoms with Crippen LogP contribution >= 0.6 is 0 Å². The lowest BCUT2D eigenvalue weighted by Crippen LogP contribution is -2.16. The number of ether oxygens (including phenoxy) is 2. The van der Waals surface area contributed by atoms with Crippen molar-refractivity contribution in [2.24, 2.45) is 0 Å². The summed E-state index contributed by atoms with van der Waals surface area (Å²) in [6.07, 6.45) is 3.59. The smallest absolute Gasteiger partial charge is 0.356 e. The number of carbonyl (C=O) groups is 2. The van der Waals surface area contributed by atoms with E-state index in [1.165, 1.54) is 19.6 Å². The first kappa shape index (κ1) is 23.1. The van der Waals surface area contributed by atoms with Gasteiger partial charge in [-0.05, 0) is 50.5 Å². The first-order valence-electron chi connectivity index (χ1n) is 10.7. The number of hydrogen-bond donors (Lipinski definition) is 2. The third kappa shape index (κ3) is 5.01. The van der Waals surface area contributed by atoms with Gasteiger partial charge in [0.25, 0.3) is 0 Å². The molecular weight excluding hydrogens is 408 g/mol. The van der Waals surface area contributed by atoms with Crippen LogP contribution in [0.1, 0.15) is 43.2 Å². The van der Waals surface area contributed by atoms with Crippen LogP contribution in [0.3, 0.4) is 0 Å². The summed E-state index contributed by atoms with van der Waals surface area (Å²) in [5.41, 5.74) is 3.38. The van der Waals surface area contributed by atoms with Crippen LogP contribution in [0.4, 0.5) is 11.4 Å². The van der Waals surface area contributed by atoms with Gasteiger partial charge in [-0.1, -0.05) is 12.1 Å². The molecule has 0 saturated carbocycles. The summed E-state index contributed by atoms with van der Waals surface area (Å²) in [5, 5.41) is 6.95. The molecule has 0 unspecified atom stereocenters. The zero-order valence-electron chi connectivity index (χ0n) is 19.2. The van der Waals surface area contributed by atoms with Crippen molar-refractivity contribution < 1.29 is 19.1 Å². The second-order valence-electron chi connectivity index (χ2n) is 7.67. The number of esters is 1. The molecular formula is C24H30N4O4. The Morgan fingerprint density at radius 1 is 1.19 bits per heavy atom. The van der Waals surface area contributed by atoms with Gasteiger partial charge in [0.05, 0.1) is 31.8 Å². The van der Waals surface area contributed by atoms with Gasteiger partial charge in [-0.15, -0.1) is 0 Å². The molecule has 3 rings (SSSR count). The molecule has 1 amide bonds. The Labute approximate surface area is 187 Å². The average Bonchev–Trinajstić information content (AvgIpc) is 3.09. The second kappa shape index (κ2) is 10.2. The van der Waals surface area contributed by atoms with Crippen molar-refractivity contribution >= 4 is 34.3 Å². The van der Waals surface area contributed by atoms with Crippen molar-refractivity contribution in [1.29, 1.82) is 0 Å². The number of anilines is 2. The largest absolute Gasteiger partial charge is 0.497 e. The van der Waals surface area contributed by atoms with E-state index in [1.54, 1.807) is 17.9 Å². The molecule has 0 aliphatic carbocycles. The molecule has 2 aromatic heterocycles. The Morgan fingerprint density at radius 2 is 1.91 bits per heavy atom. The maximum atomic E-state index is 12.4. The fraction of sp³-hybridized carbons (Fsp3) is 0.375. The summed E-state index contributed by atoms with van der Waals surface area (Å²) < 4.78 is 11.9. The maximum Gasteiger partial charge on any atom is 0.356 e. The molecule has 1 aromatic carbocycles. The molecule has 0 aliphatic rings. The molecule has 8 nitrogen and oxygen atoms in total. The molecule has 3 aromatic rings. The SMILES string of the molecule is CCn1c(C(=O)OC)c(NC(C)=O)c2cc(N[C@H](C)CCc3ccc(OC)cc3)cnc21. The Bertz CT molecular complexity index is 1110. The van der Waals surface area contributed by atoms with E-state index >= 15 is 0 Å². The second-order valence-corrected chi connectivity index (χ2v) is 7.67. The van der Waals surface area contributed by atoms with Crippen LogP contribution in [0.15, 0.2) is 36.5 Å². The summed E-state index contributed by atoms with van der Waals surface area (Å²) in [7, 11) is 2.98. The molecule has 0 aliphatic heterocycles. The van der Waals surface area contributed by atoms with Gasteiger partial charge in [0.15, 0.2) is 5.69 Å². The Morgan fingerprint density at radius 3 is 2.50 bits per heavy atom. The average molecular weight is 439 g/mol. The molecule has 0 spiro atoms. The van der Waals surface area contributed by atoms with Gasteiger partial charge >= 0.3 is 5.97 Å². The monoisotopic (exact) mass is 438 g/mol. The number of nitrogens with zero attached hydrogens (tertiary/aromatic N) is 2. The van der Waals surface area contributed by atoms with E-state index < -0.39 is 5.97 Å². The minimum absolute atomic E-state index is 0.189. The Hall–Kier alpha value is -3.55. The molecule has 8 heteroatoms. The number of fused-ring (bicyclic) bond motifs is 1.